The van der Waals surface area contributed by atoms with E-state index < -0.39 is 6.10 Å². The summed E-state index contributed by atoms with van der Waals surface area (Å²) in [7, 11) is 2.01. The van der Waals surface area contributed by atoms with Crippen LogP contribution in [0, 0.1) is 0 Å². The maximum absolute atomic E-state index is 10.3. The Labute approximate surface area is 142 Å². The van der Waals surface area contributed by atoms with E-state index in [9.17, 15) is 5.11 Å². The Morgan fingerprint density at radius 3 is 2.42 bits per heavy atom. The fourth-order valence-electron chi connectivity index (χ4n) is 2.70. The molecule has 5 nitrogen and oxygen atoms in total. The van der Waals surface area contributed by atoms with Crippen LogP contribution in [-0.4, -0.2) is 44.5 Å². The molecule has 24 heavy (non-hydrogen) atoms. The van der Waals surface area contributed by atoms with Crippen LogP contribution in [0.25, 0.3) is 11.4 Å². The molecule has 5 heteroatoms. The lowest BCUT2D eigenvalue weighted by atomic mass is 10.2. The molecular weight excluding hydrogens is 300 g/mol. The molecule has 3 aromatic rings. The first-order valence-corrected chi connectivity index (χ1v) is 8.06. The molecule has 124 valence electrons. The van der Waals surface area contributed by atoms with Gasteiger partial charge in [-0.3, -0.25) is 4.90 Å². The number of aliphatic hydroxyl groups is 1. The van der Waals surface area contributed by atoms with Crippen molar-refractivity contribution in [2.24, 2.45) is 0 Å². The number of aliphatic hydroxyl groups excluding tert-OH is 1. The van der Waals surface area contributed by atoms with Gasteiger partial charge in [0.2, 0.25) is 0 Å². The lowest BCUT2D eigenvalue weighted by molar-refractivity contribution is 0.104. The highest BCUT2D eigenvalue weighted by Crippen LogP contribution is 2.13. The highest BCUT2D eigenvalue weighted by Gasteiger charge is 2.11. The van der Waals surface area contributed by atoms with Crippen molar-refractivity contribution in [1.29, 1.82) is 0 Å². The van der Waals surface area contributed by atoms with E-state index >= 15 is 0 Å². The summed E-state index contributed by atoms with van der Waals surface area (Å²) in [5, 5.41) is 14.7. The van der Waals surface area contributed by atoms with Gasteiger partial charge < -0.3 is 5.11 Å². The second kappa shape index (κ2) is 7.86. The fraction of sp³-hybridized carbons (Fsp3) is 0.263. The SMILES string of the molecule is CN(Cc1ccccc1)CC(O)Cn1cnc(-c2ccccc2)n1. The number of hydrogen-bond donors (Lipinski definition) is 1. The average molecular weight is 322 g/mol. The molecule has 0 radical (unpaired) electrons. The van der Waals surface area contributed by atoms with Crippen LogP contribution in [0.1, 0.15) is 5.56 Å². The maximum atomic E-state index is 10.3. The molecule has 0 fully saturated rings. The zero-order chi connectivity index (χ0) is 16.8. The second-order valence-electron chi connectivity index (χ2n) is 5.99. The van der Waals surface area contributed by atoms with Crippen molar-refractivity contribution in [1.82, 2.24) is 19.7 Å². The number of likely N-dealkylation sites (N-methyl/N-ethyl adjacent to an activating group) is 1. The minimum Gasteiger partial charge on any atom is -0.390 e. The van der Waals surface area contributed by atoms with Crippen molar-refractivity contribution in [2.75, 3.05) is 13.6 Å². The van der Waals surface area contributed by atoms with E-state index in [1.54, 1.807) is 11.0 Å². The van der Waals surface area contributed by atoms with Gasteiger partial charge in [0.05, 0.1) is 12.6 Å². The number of nitrogens with zero attached hydrogens (tertiary/aromatic N) is 4. The number of aromatic nitrogens is 3. The van der Waals surface area contributed by atoms with Gasteiger partial charge in [0.1, 0.15) is 6.33 Å². The van der Waals surface area contributed by atoms with E-state index in [0.717, 1.165) is 12.1 Å². The van der Waals surface area contributed by atoms with Crippen molar-refractivity contribution in [3.05, 3.63) is 72.6 Å². The quantitative estimate of drug-likeness (QED) is 0.726. The van der Waals surface area contributed by atoms with E-state index in [4.69, 9.17) is 0 Å². The van der Waals surface area contributed by atoms with Gasteiger partial charge in [-0.15, -0.1) is 0 Å². The molecular formula is C19H22N4O. The van der Waals surface area contributed by atoms with E-state index in [-0.39, 0.29) is 0 Å². The Hall–Kier alpha value is -2.50. The van der Waals surface area contributed by atoms with Crippen LogP contribution >= 0.6 is 0 Å². The third kappa shape index (κ3) is 4.50. The zero-order valence-electron chi connectivity index (χ0n) is 13.8. The Bertz CT molecular complexity index is 742. The summed E-state index contributed by atoms with van der Waals surface area (Å²) >= 11 is 0. The second-order valence-corrected chi connectivity index (χ2v) is 5.99. The molecule has 0 aliphatic carbocycles. The Morgan fingerprint density at radius 2 is 1.71 bits per heavy atom. The topological polar surface area (TPSA) is 54.2 Å². The van der Waals surface area contributed by atoms with Crippen molar-refractivity contribution < 1.29 is 5.11 Å². The predicted octanol–water partition coefficient (Wildman–Crippen LogP) is 2.44. The van der Waals surface area contributed by atoms with Crippen molar-refractivity contribution >= 4 is 0 Å². The molecule has 0 saturated heterocycles. The summed E-state index contributed by atoms with van der Waals surface area (Å²) < 4.78 is 1.70. The summed E-state index contributed by atoms with van der Waals surface area (Å²) in [5.41, 5.74) is 2.21. The number of benzene rings is 2. The van der Waals surface area contributed by atoms with Gasteiger partial charge >= 0.3 is 0 Å². The highest BCUT2D eigenvalue weighted by molar-refractivity contribution is 5.53. The Morgan fingerprint density at radius 1 is 1.04 bits per heavy atom. The molecule has 1 N–H and O–H groups in total. The summed E-state index contributed by atoms with van der Waals surface area (Å²) in [5.74, 6) is 0.681. The monoisotopic (exact) mass is 322 g/mol. The van der Waals surface area contributed by atoms with E-state index in [1.165, 1.54) is 5.56 Å². The largest absolute Gasteiger partial charge is 0.390 e. The molecule has 0 spiro atoms. The van der Waals surface area contributed by atoms with Crippen molar-refractivity contribution in [3.63, 3.8) is 0 Å². The molecule has 0 aliphatic rings. The lowest BCUT2D eigenvalue weighted by Gasteiger charge is -2.20. The molecule has 3 rings (SSSR count). The molecule has 0 amide bonds. The summed E-state index contributed by atoms with van der Waals surface area (Å²) in [6.07, 6.45) is 1.17. The van der Waals surface area contributed by atoms with Gasteiger partial charge in [-0.05, 0) is 12.6 Å². The van der Waals surface area contributed by atoms with Crippen LogP contribution in [-0.2, 0) is 13.1 Å². The molecule has 1 aromatic heterocycles. The standard InChI is InChI=1S/C19H22N4O/c1-22(12-16-8-4-2-5-9-16)13-18(24)14-23-15-20-19(21-23)17-10-6-3-7-11-17/h2-11,15,18,24H,12-14H2,1H3. The summed E-state index contributed by atoms with van der Waals surface area (Å²) in [6.45, 7) is 1.82. The first-order chi connectivity index (χ1) is 11.7. The summed E-state index contributed by atoms with van der Waals surface area (Å²) in [4.78, 5) is 6.42. The third-order valence-electron chi connectivity index (χ3n) is 3.78. The first kappa shape index (κ1) is 16.4. The third-order valence-corrected chi connectivity index (χ3v) is 3.78. The minimum atomic E-state index is -0.496. The van der Waals surface area contributed by atoms with E-state index in [1.807, 2.05) is 55.6 Å². The number of hydrogen-bond acceptors (Lipinski definition) is 4. The van der Waals surface area contributed by atoms with Gasteiger partial charge in [-0.25, -0.2) is 9.67 Å². The van der Waals surface area contributed by atoms with Crippen molar-refractivity contribution in [2.45, 2.75) is 19.2 Å². The van der Waals surface area contributed by atoms with Gasteiger partial charge in [0.15, 0.2) is 5.82 Å². The number of rotatable bonds is 7. The summed E-state index contributed by atoms with van der Waals surface area (Å²) in [6, 6.07) is 20.1. The van der Waals surface area contributed by atoms with Crippen LogP contribution in [0.15, 0.2) is 67.0 Å². The maximum Gasteiger partial charge on any atom is 0.181 e. The van der Waals surface area contributed by atoms with Crippen LogP contribution in [0.2, 0.25) is 0 Å². The van der Waals surface area contributed by atoms with Crippen LogP contribution < -0.4 is 0 Å². The van der Waals surface area contributed by atoms with E-state index in [0.29, 0.717) is 18.9 Å². The Kier molecular flexibility index (Phi) is 5.36. The molecule has 1 heterocycles. The fourth-order valence-corrected chi connectivity index (χ4v) is 2.70. The van der Waals surface area contributed by atoms with Crippen molar-refractivity contribution in [3.8, 4) is 11.4 Å². The van der Waals surface area contributed by atoms with Gasteiger partial charge in [0, 0.05) is 18.7 Å². The predicted molar refractivity (Wildman–Crippen MR) is 94.2 cm³/mol. The molecule has 1 unspecified atom stereocenters. The Balaban J connectivity index is 1.53. The van der Waals surface area contributed by atoms with Crippen LogP contribution in [0.3, 0.4) is 0 Å². The minimum absolute atomic E-state index is 0.430. The molecule has 1 atom stereocenters. The van der Waals surface area contributed by atoms with Gasteiger partial charge in [0.25, 0.3) is 0 Å². The van der Waals surface area contributed by atoms with Gasteiger partial charge in [-0.2, -0.15) is 5.10 Å². The molecule has 2 aromatic carbocycles. The molecule has 0 aliphatic heterocycles. The smallest absolute Gasteiger partial charge is 0.181 e. The zero-order valence-corrected chi connectivity index (χ0v) is 13.8. The molecule has 0 bridgehead atoms. The highest BCUT2D eigenvalue weighted by atomic mass is 16.3. The molecule has 0 saturated carbocycles. The van der Waals surface area contributed by atoms with Crippen LogP contribution in [0.4, 0.5) is 0 Å². The van der Waals surface area contributed by atoms with Gasteiger partial charge in [-0.1, -0.05) is 60.7 Å². The van der Waals surface area contributed by atoms with Crippen LogP contribution in [0.5, 0.6) is 0 Å². The first-order valence-electron chi connectivity index (χ1n) is 8.06. The van der Waals surface area contributed by atoms with E-state index in [2.05, 4.69) is 27.1 Å². The lowest BCUT2D eigenvalue weighted by Crippen LogP contribution is -2.31. The normalized spacial score (nSPS) is 12.5. The average Bonchev–Trinajstić information content (AvgIpc) is 3.04.